The molecule has 4 aromatic rings. The minimum Gasteiger partial charge on any atom is -0.436 e. The summed E-state index contributed by atoms with van der Waals surface area (Å²) in [7, 11) is 0. The number of aromatic nitrogens is 3. The Kier molecular flexibility index (Phi) is 6.96. The van der Waals surface area contributed by atoms with E-state index in [-0.39, 0.29) is 24.0 Å². The Labute approximate surface area is 196 Å². The molecule has 0 aliphatic heterocycles. The standard InChI is InChI=1S/C26H24F2N4O2/c1-17-4-3-5-21(14-17)32-26(34-24-8-6-20(27)15-23(24)28)22(18(2)31-32)7-9-25(33)30-16-19-10-12-29-13-11-19/h3-6,8,10-15H,7,9,16H2,1-2H3,(H,30,33). The molecule has 8 heteroatoms. The maximum absolute atomic E-state index is 14.4. The van der Waals surface area contributed by atoms with Crippen molar-refractivity contribution < 1.29 is 18.3 Å². The van der Waals surface area contributed by atoms with E-state index in [0.717, 1.165) is 28.9 Å². The summed E-state index contributed by atoms with van der Waals surface area (Å²) in [6, 6.07) is 14.4. The van der Waals surface area contributed by atoms with Gasteiger partial charge in [-0.05, 0) is 67.8 Å². The van der Waals surface area contributed by atoms with Gasteiger partial charge in [0.05, 0.1) is 11.4 Å². The van der Waals surface area contributed by atoms with Gasteiger partial charge in [-0.2, -0.15) is 5.10 Å². The molecule has 2 aromatic heterocycles. The Morgan fingerprint density at radius 3 is 2.59 bits per heavy atom. The highest BCUT2D eigenvalue weighted by Gasteiger charge is 2.21. The molecule has 34 heavy (non-hydrogen) atoms. The van der Waals surface area contributed by atoms with E-state index in [9.17, 15) is 13.6 Å². The summed E-state index contributed by atoms with van der Waals surface area (Å²) in [5, 5.41) is 7.48. The number of benzene rings is 2. The van der Waals surface area contributed by atoms with Gasteiger partial charge in [0.25, 0.3) is 0 Å². The van der Waals surface area contributed by atoms with Crippen LogP contribution in [0.3, 0.4) is 0 Å². The second-order valence-electron chi connectivity index (χ2n) is 7.93. The zero-order chi connectivity index (χ0) is 24.1. The fraction of sp³-hybridized carbons (Fsp3) is 0.192. The van der Waals surface area contributed by atoms with Gasteiger partial charge in [-0.15, -0.1) is 0 Å². The molecule has 1 N–H and O–H groups in total. The summed E-state index contributed by atoms with van der Waals surface area (Å²) in [5.41, 5.74) is 4.02. The van der Waals surface area contributed by atoms with E-state index in [1.165, 1.54) is 6.07 Å². The number of rotatable bonds is 8. The fourth-order valence-electron chi connectivity index (χ4n) is 3.56. The molecule has 174 valence electrons. The number of hydrogen-bond donors (Lipinski definition) is 1. The second kappa shape index (κ2) is 10.2. The average molecular weight is 463 g/mol. The molecule has 2 heterocycles. The Hall–Kier alpha value is -4.07. The van der Waals surface area contributed by atoms with Gasteiger partial charge in [-0.3, -0.25) is 9.78 Å². The van der Waals surface area contributed by atoms with Gasteiger partial charge in [0.1, 0.15) is 5.82 Å². The van der Waals surface area contributed by atoms with Gasteiger partial charge in [-0.1, -0.05) is 12.1 Å². The monoisotopic (exact) mass is 462 g/mol. The smallest absolute Gasteiger partial charge is 0.226 e. The summed E-state index contributed by atoms with van der Waals surface area (Å²) < 4.78 is 35.3. The number of carbonyl (C=O) groups excluding carboxylic acids is 1. The number of carbonyl (C=O) groups is 1. The van der Waals surface area contributed by atoms with Crippen molar-refractivity contribution in [2.45, 2.75) is 33.2 Å². The van der Waals surface area contributed by atoms with Crippen LogP contribution in [-0.2, 0) is 17.8 Å². The molecular formula is C26H24F2N4O2. The van der Waals surface area contributed by atoms with E-state index in [0.29, 0.717) is 24.2 Å². The van der Waals surface area contributed by atoms with Crippen LogP contribution in [0.2, 0.25) is 0 Å². The third-order valence-electron chi connectivity index (χ3n) is 5.33. The third kappa shape index (κ3) is 5.46. The number of hydrogen-bond acceptors (Lipinski definition) is 4. The van der Waals surface area contributed by atoms with Crippen LogP contribution in [0, 0.1) is 25.5 Å². The number of pyridine rings is 1. The van der Waals surface area contributed by atoms with Crippen molar-refractivity contribution in [2.24, 2.45) is 0 Å². The summed E-state index contributed by atoms with van der Waals surface area (Å²) >= 11 is 0. The molecule has 0 aliphatic rings. The van der Waals surface area contributed by atoms with Gasteiger partial charge in [0.2, 0.25) is 11.8 Å². The SMILES string of the molecule is Cc1cccc(-n2nc(C)c(CCC(=O)NCc3ccncc3)c2Oc2ccc(F)cc2F)c1. The number of aryl methyl sites for hydroxylation is 2. The van der Waals surface area contributed by atoms with Gasteiger partial charge >= 0.3 is 0 Å². The number of halogens is 2. The lowest BCUT2D eigenvalue weighted by atomic mass is 10.1. The van der Waals surface area contributed by atoms with Crippen LogP contribution in [0.1, 0.15) is 28.8 Å². The highest BCUT2D eigenvalue weighted by molar-refractivity contribution is 5.76. The molecule has 0 saturated heterocycles. The highest BCUT2D eigenvalue weighted by atomic mass is 19.1. The second-order valence-corrected chi connectivity index (χ2v) is 7.93. The summed E-state index contributed by atoms with van der Waals surface area (Å²) in [6.07, 6.45) is 3.86. The molecule has 1 amide bonds. The van der Waals surface area contributed by atoms with E-state index in [1.54, 1.807) is 17.1 Å². The van der Waals surface area contributed by atoms with Crippen molar-refractivity contribution >= 4 is 5.91 Å². The van der Waals surface area contributed by atoms with Crippen LogP contribution in [0.15, 0.2) is 67.0 Å². The normalized spacial score (nSPS) is 10.8. The first-order valence-electron chi connectivity index (χ1n) is 10.8. The molecule has 0 radical (unpaired) electrons. The zero-order valence-corrected chi connectivity index (χ0v) is 18.9. The van der Waals surface area contributed by atoms with Crippen molar-refractivity contribution in [2.75, 3.05) is 0 Å². The van der Waals surface area contributed by atoms with Crippen LogP contribution >= 0.6 is 0 Å². The highest BCUT2D eigenvalue weighted by Crippen LogP contribution is 2.33. The van der Waals surface area contributed by atoms with E-state index < -0.39 is 11.6 Å². The third-order valence-corrected chi connectivity index (χ3v) is 5.33. The van der Waals surface area contributed by atoms with E-state index >= 15 is 0 Å². The van der Waals surface area contributed by atoms with Crippen molar-refractivity contribution in [3.63, 3.8) is 0 Å². The number of amides is 1. The molecule has 0 spiro atoms. The molecule has 0 saturated carbocycles. The van der Waals surface area contributed by atoms with Crippen molar-refractivity contribution in [3.8, 4) is 17.3 Å². The van der Waals surface area contributed by atoms with Gasteiger partial charge in [-0.25, -0.2) is 13.5 Å². The van der Waals surface area contributed by atoms with Gasteiger partial charge in [0, 0.05) is 37.0 Å². The molecule has 0 fully saturated rings. The Bertz CT molecular complexity index is 1310. The zero-order valence-electron chi connectivity index (χ0n) is 18.9. The van der Waals surface area contributed by atoms with E-state index in [1.807, 2.05) is 50.2 Å². The first kappa shape index (κ1) is 23.1. The fourth-order valence-corrected chi connectivity index (χ4v) is 3.56. The van der Waals surface area contributed by atoms with Crippen molar-refractivity contribution in [3.05, 3.63) is 101 Å². The lowest BCUT2D eigenvalue weighted by Gasteiger charge is -2.12. The summed E-state index contributed by atoms with van der Waals surface area (Å²) in [6.45, 7) is 4.16. The van der Waals surface area contributed by atoms with Gasteiger partial charge < -0.3 is 10.1 Å². The van der Waals surface area contributed by atoms with Crippen LogP contribution in [0.25, 0.3) is 5.69 Å². The maximum atomic E-state index is 14.4. The molecule has 6 nitrogen and oxygen atoms in total. The van der Waals surface area contributed by atoms with Gasteiger partial charge in [0.15, 0.2) is 11.6 Å². The topological polar surface area (TPSA) is 69.0 Å². The first-order chi connectivity index (χ1) is 16.4. The predicted molar refractivity (Wildman–Crippen MR) is 124 cm³/mol. The summed E-state index contributed by atoms with van der Waals surface area (Å²) in [5.74, 6) is -1.50. The van der Waals surface area contributed by atoms with Crippen LogP contribution in [0.5, 0.6) is 11.6 Å². The first-order valence-corrected chi connectivity index (χ1v) is 10.8. The molecule has 0 aliphatic carbocycles. The summed E-state index contributed by atoms with van der Waals surface area (Å²) in [4.78, 5) is 16.4. The number of nitrogens with zero attached hydrogens (tertiary/aromatic N) is 3. The number of nitrogens with one attached hydrogen (secondary N) is 1. The van der Waals surface area contributed by atoms with Crippen LogP contribution in [0.4, 0.5) is 8.78 Å². The molecular weight excluding hydrogens is 438 g/mol. The quantitative estimate of drug-likeness (QED) is 0.391. The molecule has 0 unspecified atom stereocenters. The largest absolute Gasteiger partial charge is 0.436 e. The Morgan fingerprint density at radius 2 is 1.85 bits per heavy atom. The number of ether oxygens (including phenoxy) is 1. The molecule has 0 atom stereocenters. The Balaban J connectivity index is 1.60. The van der Waals surface area contributed by atoms with Crippen molar-refractivity contribution in [1.82, 2.24) is 20.1 Å². The predicted octanol–water partition coefficient (Wildman–Crippen LogP) is 5.20. The van der Waals surface area contributed by atoms with Crippen LogP contribution < -0.4 is 10.1 Å². The maximum Gasteiger partial charge on any atom is 0.226 e. The van der Waals surface area contributed by atoms with E-state index in [2.05, 4.69) is 15.4 Å². The lowest BCUT2D eigenvalue weighted by Crippen LogP contribution is -2.23. The van der Waals surface area contributed by atoms with E-state index in [4.69, 9.17) is 4.74 Å². The van der Waals surface area contributed by atoms with Crippen LogP contribution in [-0.4, -0.2) is 20.7 Å². The average Bonchev–Trinajstić information content (AvgIpc) is 3.13. The minimum atomic E-state index is -0.823. The lowest BCUT2D eigenvalue weighted by molar-refractivity contribution is -0.121. The molecule has 2 aromatic carbocycles. The Morgan fingerprint density at radius 1 is 1.06 bits per heavy atom. The van der Waals surface area contributed by atoms with Crippen molar-refractivity contribution in [1.29, 1.82) is 0 Å². The molecule has 0 bridgehead atoms. The molecule has 4 rings (SSSR count). The minimum absolute atomic E-state index is 0.126.